The van der Waals surface area contributed by atoms with Crippen LogP contribution in [0, 0.1) is 0 Å². The molecule has 0 amide bonds. The van der Waals surface area contributed by atoms with Gasteiger partial charge in [-0.25, -0.2) is 4.98 Å². The summed E-state index contributed by atoms with van der Waals surface area (Å²) in [5.74, 6) is 1.14. The first-order valence-corrected chi connectivity index (χ1v) is 6.32. The van der Waals surface area contributed by atoms with E-state index >= 15 is 0 Å². The summed E-state index contributed by atoms with van der Waals surface area (Å²) in [6.45, 7) is 3.34. The molecule has 0 fully saturated rings. The molecule has 0 radical (unpaired) electrons. The molecule has 5 heteroatoms. The summed E-state index contributed by atoms with van der Waals surface area (Å²) in [6.07, 6.45) is 2.63. The van der Waals surface area contributed by atoms with E-state index in [2.05, 4.69) is 22.2 Å². The molecule has 0 spiro atoms. The van der Waals surface area contributed by atoms with E-state index in [1.165, 1.54) is 0 Å². The second-order valence-corrected chi connectivity index (χ2v) is 4.17. The Morgan fingerprint density at radius 1 is 1.32 bits per heavy atom. The highest BCUT2D eigenvalue weighted by atomic mass is 16.5. The number of nitrogens with one attached hydrogen (secondary N) is 1. The van der Waals surface area contributed by atoms with Gasteiger partial charge in [0.2, 0.25) is 11.8 Å². The van der Waals surface area contributed by atoms with Crippen LogP contribution in [0.3, 0.4) is 0 Å². The van der Waals surface area contributed by atoms with E-state index in [0.29, 0.717) is 25.0 Å². The molecule has 100 valence electrons. The number of nitrogen functional groups attached to an aromatic ring is 1. The van der Waals surface area contributed by atoms with Crippen molar-refractivity contribution in [1.29, 1.82) is 0 Å². The fourth-order valence-electron chi connectivity index (χ4n) is 1.60. The van der Waals surface area contributed by atoms with Crippen molar-refractivity contribution < 1.29 is 4.74 Å². The third-order valence-corrected chi connectivity index (χ3v) is 2.49. The molecular formula is C14H18N4O. The Balaban J connectivity index is 1.95. The highest BCUT2D eigenvalue weighted by molar-refractivity contribution is 5.41. The van der Waals surface area contributed by atoms with Gasteiger partial charge >= 0.3 is 0 Å². The number of ether oxygens (including phenoxy) is 1. The third-order valence-electron chi connectivity index (χ3n) is 2.49. The molecule has 3 N–H and O–H groups in total. The summed E-state index contributed by atoms with van der Waals surface area (Å²) < 4.78 is 5.46. The zero-order valence-electron chi connectivity index (χ0n) is 11.0. The van der Waals surface area contributed by atoms with Gasteiger partial charge in [0.05, 0.1) is 6.61 Å². The Labute approximate surface area is 112 Å². The lowest BCUT2D eigenvalue weighted by atomic mass is 10.2. The van der Waals surface area contributed by atoms with Gasteiger partial charge in [0.1, 0.15) is 0 Å². The van der Waals surface area contributed by atoms with E-state index in [1.807, 2.05) is 24.3 Å². The fourth-order valence-corrected chi connectivity index (χ4v) is 1.60. The van der Waals surface area contributed by atoms with E-state index in [4.69, 9.17) is 10.5 Å². The van der Waals surface area contributed by atoms with Crippen LogP contribution in [0.1, 0.15) is 18.9 Å². The maximum atomic E-state index is 5.73. The molecule has 1 heterocycles. The highest BCUT2D eigenvalue weighted by Crippen LogP contribution is 2.11. The fraction of sp³-hybridized carbons (Fsp3) is 0.286. The van der Waals surface area contributed by atoms with Crippen LogP contribution in [0.4, 0.5) is 11.6 Å². The summed E-state index contributed by atoms with van der Waals surface area (Å²) in [5, 5.41) is 3.15. The topological polar surface area (TPSA) is 73.1 Å². The van der Waals surface area contributed by atoms with Crippen molar-refractivity contribution in [3.05, 3.63) is 42.1 Å². The van der Waals surface area contributed by atoms with Gasteiger partial charge in [-0.3, -0.25) is 0 Å². The zero-order valence-corrected chi connectivity index (χ0v) is 11.0. The highest BCUT2D eigenvalue weighted by Gasteiger charge is 2.00. The number of nitrogens with zero attached hydrogens (tertiary/aromatic N) is 2. The van der Waals surface area contributed by atoms with Crippen LogP contribution in [0.15, 0.2) is 36.5 Å². The van der Waals surface area contributed by atoms with Crippen LogP contribution in [-0.2, 0) is 6.54 Å². The number of hydrogen-bond donors (Lipinski definition) is 2. The monoisotopic (exact) mass is 258 g/mol. The normalized spacial score (nSPS) is 10.2. The van der Waals surface area contributed by atoms with Crippen molar-refractivity contribution in [2.75, 3.05) is 17.7 Å². The molecular weight excluding hydrogens is 240 g/mol. The predicted octanol–water partition coefficient (Wildman–Crippen LogP) is 2.46. The SMILES string of the molecule is CCCOc1ccnc(NCc2cccc(N)c2)n1. The zero-order chi connectivity index (χ0) is 13.5. The Morgan fingerprint density at radius 3 is 3.00 bits per heavy atom. The number of nitrogens with two attached hydrogens (primary N) is 1. The molecule has 0 bridgehead atoms. The number of benzene rings is 1. The van der Waals surface area contributed by atoms with Gasteiger partial charge in [0, 0.05) is 24.5 Å². The van der Waals surface area contributed by atoms with Gasteiger partial charge < -0.3 is 15.8 Å². The maximum absolute atomic E-state index is 5.73. The minimum Gasteiger partial charge on any atom is -0.478 e. The summed E-state index contributed by atoms with van der Waals surface area (Å²) in [4.78, 5) is 8.42. The molecule has 0 aliphatic heterocycles. The predicted molar refractivity (Wildman–Crippen MR) is 76.0 cm³/mol. The summed E-state index contributed by atoms with van der Waals surface area (Å²) in [6, 6.07) is 9.46. The maximum Gasteiger partial charge on any atom is 0.226 e. The van der Waals surface area contributed by atoms with Crippen molar-refractivity contribution in [1.82, 2.24) is 9.97 Å². The van der Waals surface area contributed by atoms with Gasteiger partial charge in [0.15, 0.2) is 0 Å². The van der Waals surface area contributed by atoms with E-state index in [0.717, 1.165) is 17.7 Å². The Bertz CT molecular complexity index is 530. The number of rotatable bonds is 6. The van der Waals surface area contributed by atoms with Gasteiger partial charge in [-0.05, 0) is 24.1 Å². The van der Waals surface area contributed by atoms with Crippen LogP contribution >= 0.6 is 0 Å². The lowest BCUT2D eigenvalue weighted by molar-refractivity contribution is 0.305. The minimum atomic E-state index is 0.552. The second-order valence-electron chi connectivity index (χ2n) is 4.17. The van der Waals surface area contributed by atoms with E-state index in [-0.39, 0.29) is 0 Å². The first kappa shape index (κ1) is 13.1. The number of anilines is 2. The van der Waals surface area contributed by atoms with E-state index in [1.54, 1.807) is 12.3 Å². The molecule has 2 rings (SSSR count). The van der Waals surface area contributed by atoms with E-state index < -0.39 is 0 Å². The molecule has 0 unspecified atom stereocenters. The van der Waals surface area contributed by atoms with Crippen LogP contribution in [0.25, 0.3) is 0 Å². The minimum absolute atomic E-state index is 0.552. The molecule has 0 saturated heterocycles. The lowest BCUT2D eigenvalue weighted by Gasteiger charge is -2.07. The molecule has 1 aromatic carbocycles. The van der Waals surface area contributed by atoms with Gasteiger partial charge in [-0.2, -0.15) is 4.98 Å². The number of aromatic nitrogens is 2. The first-order valence-electron chi connectivity index (χ1n) is 6.32. The average Bonchev–Trinajstić information content (AvgIpc) is 2.43. The van der Waals surface area contributed by atoms with Crippen LogP contribution in [-0.4, -0.2) is 16.6 Å². The summed E-state index contributed by atoms with van der Waals surface area (Å²) >= 11 is 0. The molecule has 0 atom stereocenters. The van der Waals surface area contributed by atoms with E-state index in [9.17, 15) is 0 Å². The van der Waals surface area contributed by atoms with Gasteiger partial charge in [0.25, 0.3) is 0 Å². The summed E-state index contributed by atoms with van der Waals surface area (Å²) in [5.41, 5.74) is 7.56. The quantitative estimate of drug-likeness (QED) is 0.779. The van der Waals surface area contributed by atoms with Crippen LogP contribution in [0.5, 0.6) is 5.88 Å². The van der Waals surface area contributed by atoms with Crippen molar-refractivity contribution >= 4 is 11.6 Å². The molecule has 0 aliphatic carbocycles. The van der Waals surface area contributed by atoms with Crippen molar-refractivity contribution in [2.24, 2.45) is 0 Å². The van der Waals surface area contributed by atoms with Crippen LogP contribution < -0.4 is 15.8 Å². The van der Waals surface area contributed by atoms with Gasteiger partial charge in [-0.1, -0.05) is 19.1 Å². The van der Waals surface area contributed by atoms with Gasteiger partial charge in [-0.15, -0.1) is 0 Å². The van der Waals surface area contributed by atoms with Crippen molar-refractivity contribution in [3.8, 4) is 5.88 Å². The average molecular weight is 258 g/mol. The molecule has 19 heavy (non-hydrogen) atoms. The Morgan fingerprint density at radius 2 is 2.21 bits per heavy atom. The molecule has 0 saturated carbocycles. The molecule has 5 nitrogen and oxygen atoms in total. The van der Waals surface area contributed by atoms with Crippen LogP contribution in [0.2, 0.25) is 0 Å². The third kappa shape index (κ3) is 4.13. The second kappa shape index (κ2) is 6.58. The Hall–Kier alpha value is -2.30. The Kier molecular flexibility index (Phi) is 4.55. The van der Waals surface area contributed by atoms with Crippen molar-refractivity contribution in [2.45, 2.75) is 19.9 Å². The number of hydrogen-bond acceptors (Lipinski definition) is 5. The molecule has 0 aliphatic rings. The summed E-state index contributed by atoms with van der Waals surface area (Å²) in [7, 11) is 0. The molecule has 2 aromatic rings. The van der Waals surface area contributed by atoms with Crippen molar-refractivity contribution in [3.63, 3.8) is 0 Å². The largest absolute Gasteiger partial charge is 0.478 e. The smallest absolute Gasteiger partial charge is 0.226 e. The standard InChI is InChI=1S/C14H18N4O/c1-2-8-19-13-6-7-16-14(18-13)17-10-11-4-3-5-12(15)9-11/h3-7,9H,2,8,10,15H2,1H3,(H,16,17,18). The first-order chi connectivity index (χ1) is 9.28. The lowest BCUT2D eigenvalue weighted by Crippen LogP contribution is -2.05. The molecule has 1 aromatic heterocycles.